The quantitative estimate of drug-likeness (QED) is 0.739. The lowest BCUT2D eigenvalue weighted by Crippen LogP contribution is -2.49. The van der Waals surface area contributed by atoms with Crippen LogP contribution in [0.1, 0.15) is 40.5 Å². The lowest BCUT2D eigenvalue weighted by atomic mass is 10.1. The van der Waals surface area contributed by atoms with E-state index in [1.807, 2.05) is 6.92 Å². The number of aliphatic hydroxyl groups excluding tert-OH is 1. The summed E-state index contributed by atoms with van der Waals surface area (Å²) in [6.45, 7) is 7.42. The summed E-state index contributed by atoms with van der Waals surface area (Å²) in [5.41, 5.74) is -1.22. The molecule has 1 saturated carbocycles. The monoisotopic (exact) mass is 245 g/mol. The number of rotatable bonds is 4. The van der Waals surface area contributed by atoms with E-state index in [0.717, 1.165) is 12.8 Å². The summed E-state index contributed by atoms with van der Waals surface area (Å²) < 4.78 is 10.1. The average Bonchev–Trinajstić information content (AvgIpc) is 2.88. The van der Waals surface area contributed by atoms with E-state index in [-0.39, 0.29) is 5.92 Å². The van der Waals surface area contributed by atoms with Gasteiger partial charge >= 0.3 is 6.09 Å². The Morgan fingerprint density at radius 2 is 2.18 bits per heavy atom. The number of methoxy groups -OCH3 is 1. The van der Waals surface area contributed by atoms with Crippen LogP contribution in [0.5, 0.6) is 0 Å². The van der Waals surface area contributed by atoms with Crippen LogP contribution in [0, 0.1) is 5.92 Å². The standard InChI is InChI=1S/C12H23NO4/c1-6-8-7-12(8,9(14)16-5)13-10(15)17-11(2,3)4/h8-9,14H,6-7H2,1-5H3,(H,13,15)/t8?,9?,12-/m0/s1. The molecule has 3 atom stereocenters. The zero-order chi connectivity index (χ0) is 13.3. The second kappa shape index (κ2) is 4.82. The summed E-state index contributed by atoms with van der Waals surface area (Å²) in [6, 6.07) is 0. The number of hydrogen-bond acceptors (Lipinski definition) is 4. The van der Waals surface area contributed by atoms with Gasteiger partial charge in [-0.3, -0.25) is 0 Å². The Balaban J connectivity index is 2.61. The number of hydrogen-bond donors (Lipinski definition) is 2. The second-order valence-corrected chi connectivity index (χ2v) is 5.56. The maximum atomic E-state index is 11.7. The molecule has 0 aromatic rings. The summed E-state index contributed by atoms with van der Waals surface area (Å²) in [7, 11) is 1.42. The summed E-state index contributed by atoms with van der Waals surface area (Å²) >= 11 is 0. The number of carbonyl (C=O) groups excluding carboxylic acids is 1. The van der Waals surface area contributed by atoms with Gasteiger partial charge in [0.2, 0.25) is 0 Å². The molecule has 0 aliphatic heterocycles. The molecule has 1 amide bonds. The highest BCUT2D eigenvalue weighted by atomic mass is 16.6. The predicted octanol–water partition coefficient (Wildman–Crippen LogP) is 1.64. The van der Waals surface area contributed by atoms with Crippen molar-refractivity contribution in [3.63, 3.8) is 0 Å². The summed E-state index contributed by atoms with van der Waals surface area (Å²) in [5, 5.41) is 12.5. The van der Waals surface area contributed by atoms with Crippen LogP contribution in [-0.2, 0) is 9.47 Å². The normalized spacial score (nSPS) is 29.6. The lowest BCUT2D eigenvalue weighted by molar-refractivity contribution is -0.109. The third kappa shape index (κ3) is 3.33. The zero-order valence-electron chi connectivity index (χ0n) is 11.2. The molecule has 0 bridgehead atoms. The molecule has 1 aliphatic rings. The molecule has 0 heterocycles. The van der Waals surface area contributed by atoms with E-state index in [4.69, 9.17) is 9.47 Å². The third-order valence-electron chi connectivity index (χ3n) is 3.04. The van der Waals surface area contributed by atoms with Gasteiger partial charge in [0.25, 0.3) is 0 Å². The molecule has 5 heteroatoms. The van der Waals surface area contributed by atoms with Gasteiger partial charge in [-0.25, -0.2) is 4.79 Å². The van der Waals surface area contributed by atoms with Gasteiger partial charge in [0, 0.05) is 7.11 Å². The van der Waals surface area contributed by atoms with Crippen molar-refractivity contribution in [2.24, 2.45) is 5.92 Å². The molecule has 0 radical (unpaired) electrons. The largest absolute Gasteiger partial charge is 0.444 e. The van der Waals surface area contributed by atoms with Crippen LogP contribution in [0.4, 0.5) is 4.79 Å². The highest BCUT2D eigenvalue weighted by molar-refractivity contribution is 5.69. The first-order valence-corrected chi connectivity index (χ1v) is 5.97. The van der Waals surface area contributed by atoms with Crippen LogP contribution in [0.3, 0.4) is 0 Å². The van der Waals surface area contributed by atoms with Gasteiger partial charge in [-0.1, -0.05) is 13.3 Å². The third-order valence-corrected chi connectivity index (χ3v) is 3.04. The Labute approximate surface area is 102 Å². The van der Waals surface area contributed by atoms with Crippen LogP contribution in [0.2, 0.25) is 0 Å². The Kier molecular flexibility index (Phi) is 4.04. The molecule has 0 aromatic heterocycles. The predicted molar refractivity (Wildman–Crippen MR) is 63.5 cm³/mol. The maximum absolute atomic E-state index is 11.7. The lowest BCUT2D eigenvalue weighted by Gasteiger charge is -2.26. The number of alkyl carbamates (subject to hydrolysis) is 1. The van der Waals surface area contributed by atoms with Gasteiger partial charge in [-0.15, -0.1) is 0 Å². The molecule has 17 heavy (non-hydrogen) atoms. The minimum Gasteiger partial charge on any atom is -0.444 e. The molecule has 1 aliphatic carbocycles. The number of ether oxygens (including phenoxy) is 2. The van der Waals surface area contributed by atoms with Gasteiger partial charge in [-0.05, 0) is 33.1 Å². The van der Waals surface area contributed by atoms with E-state index in [9.17, 15) is 9.90 Å². The van der Waals surface area contributed by atoms with Crippen molar-refractivity contribution in [3.8, 4) is 0 Å². The Morgan fingerprint density at radius 1 is 1.59 bits per heavy atom. The molecule has 2 unspecified atom stereocenters. The molecule has 0 spiro atoms. The van der Waals surface area contributed by atoms with Gasteiger partial charge in [0.15, 0.2) is 6.29 Å². The Hall–Kier alpha value is -0.810. The first-order chi connectivity index (χ1) is 7.75. The number of aliphatic hydroxyl groups is 1. The molecule has 5 nitrogen and oxygen atoms in total. The molecule has 0 aromatic carbocycles. The van der Waals surface area contributed by atoms with E-state index in [0.29, 0.717) is 0 Å². The average molecular weight is 245 g/mol. The van der Waals surface area contributed by atoms with Crippen molar-refractivity contribution in [2.45, 2.75) is 58.0 Å². The topological polar surface area (TPSA) is 67.8 Å². The molecule has 0 saturated heterocycles. The molecule has 1 fully saturated rings. The number of nitrogens with one attached hydrogen (secondary N) is 1. The van der Waals surface area contributed by atoms with E-state index in [1.165, 1.54) is 7.11 Å². The number of amides is 1. The van der Waals surface area contributed by atoms with Crippen LogP contribution >= 0.6 is 0 Å². The van der Waals surface area contributed by atoms with Crippen molar-refractivity contribution in [3.05, 3.63) is 0 Å². The highest BCUT2D eigenvalue weighted by Gasteiger charge is 2.60. The van der Waals surface area contributed by atoms with Crippen LogP contribution in [0.15, 0.2) is 0 Å². The minimum absolute atomic E-state index is 0.241. The van der Waals surface area contributed by atoms with E-state index in [2.05, 4.69) is 5.32 Å². The molecule has 1 rings (SSSR count). The van der Waals surface area contributed by atoms with E-state index in [1.54, 1.807) is 20.8 Å². The molecular formula is C12H23NO4. The van der Waals surface area contributed by atoms with Gasteiger partial charge in [0.05, 0.1) is 5.54 Å². The molecule has 100 valence electrons. The zero-order valence-corrected chi connectivity index (χ0v) is 11.2. The highest BCUT2D eigenvalue weighted by Crippen LogP contribution is 2.48. The summed E-state index contributed by atoms with van der Waals surface area (Å²) in [5.74, 6) is 0.241. The smallest absolute Gasteiger partial charge is 0.408 e. The fourth-order valence-corrected chi connectivity index (χ4v) is 2.08. The SMILES string of the molecule is CCC1C[C@@]1(NC(=O)OC(C)(C)C)C(O)OC. The first-order valence-electron chi connectivity index (χ1n) is 5.97. The van der Waals surface area contributed by atoms with E-state index >= 15 is 0 Å². The van der Waals surface area contributed by atoms with Crippen molar-refractivity contribution < 1.29 is 19.4 Å². The fourth-order valence-electron chi connectivity index (χ4n) is 2.08. The van der Waals surface area contributed by atoms with Gasteiger partial charge in [0.1, 0.15) is 5.60 Å². The maximum Gasteiger partial charge on any atom is 0.408 e. The van der Waals surface area contributed by atoms with Crippen LogP contribution in [-0.4, -0.2) is 35.7 Å². The summed E-state index contributed by atoms with van der Waals surface area (Å²) in [4.78, 5) is 11.7. The number of carbonyl (C=O) groups is 1. The van der Waals surface area contributed by atoms with Crippen LogP contribution in [0.25, 0.3) is 0 Å². The van der Waals surface area contributed by atoms with E-state index < -0.39 is 23.5 Å². The van der Waals surface area contributed by atoms with Crippen molar-refractivity contribution in [1.29, 1.82) is 0 Å². The van der Waals surface area contributed by atoms with Gasteiger partial charge < -0.3 is 19.9 Å². The van der Waals surface area contributed by atoms with Crippen molar-refractivity contribution in [1.82, 2.24) is 5.32 Å². The van der Waals surface area contributed by atoms with Crippen molar-refractivity contribution >= 4 is 6.09 Å². The van der Waals surface area contributed by atoms with Crippen molar-refractivity contribution in [2.75, 3.05) is 7.11 Å². The first kappa shape index (κ1) is 14.3. The van der Waals surface area contributed by atoms with Crippen LogP contribution < -0.4 is 5.32 Å². The summed E-state index contributed by atoms with van der Waals surface area (Å²) in [6.07, 6.45) is 0.109. The fraction of sp³-hybridized carbons (Fsp3) is 0.917. The second-order valence-electron chi connectivity index (χ2n) is 5.56. The Morgan fingerprint density at radius 3 is 2.53 bits per heavy atom. The molecule has 2 N–H and O–H groups in total. The minimum atomic E-state index is -0.986. The van der Waals surface area contributed by atoms with Gasteiger partial charge in [-0.2, -0.15) is 0 Å². The Bertz CT molecular complexity index is 287. The molecular weight excluding hydrogens is 222 g/mol.